The number of nitrogens with one attached hydrogen (secondary N) is 3. The lowest BCUT2D eigenvalue weighted by Crippen LogP contribution is -2.45. The molecule has 1 aromatic rings. The number of nitrogens with zero attached hydrogens (tertiary/aromatic N) is 1. The smallest absolute Gasteiger partial charge is 0.322 e. The van der Waals surface area contributed by atoms with Crippen LogP contribution < -0.4 is 26.7 Å². The number of thioether (sulfide) groups is 1. The Hall–Kier alpha value is -2.76. The van der Waals surface area contributed by atoms with Gasteiger partial charge in [0.2, 0.25) is 5.91 Å². The molecule has 1 aliphatic heterocycles. The molecule has 0 aliphatic carbocycles. The minimum absolute atomic E-state index is 0.0710. The Bertz CT molecular complexity index is 775. The van der Waals surface area contributed by atoms with Crippen molar-refractivity contribution in [2.45, 2.75) is 51.0 Å². The summed E-state index contributed by atoms with van der Waals surface area (Å²) in [6, 6.07) is 4.30. The predicted octanol–water partition coefficient (Wildman–Crippen LogP) is 2.35. The van der Waals surface area contributed by atoms with E-state index in [4.69, 9.17) is 5.11 Å². The molecule has 180 valence electrons. The molecular weight excluding hydrogens is 434 g/mol. The van der Waals surface area contributed by atoms with Crippen molar-refractivity contribution in [2.24, 2.45) is 5.73 Å². The summed E-state index contributed by atoms with van der Waals surface area (Å²) >= 11 is 1.57. The van der Waals surface area contributed by atoms with E-state index in [1.165, 1.54) is 7.05 Å². The molecule has 1 atom stereocenters. The molecule has 0 radical (unpaired) electrons. The lowest BCUT2D eigenvalue weighted by Gasteiger charge is -2.21. The lowest BCUT2D eigenvalue weighted by atomic mass is 10.1. The van der Waals surface area contributed by atoms with Gasteiger partial charge < -0.3 is 26.8 Å². The van der Waals surface area contributed by atoms with E-state index in [2.05, 4.69) is 28.3 Å². The van der Waals surface area contributed by atoms with Crippen LogP contribution in [0.1, 0.15) is 40.0 Å². The highest BCUT2D eigenvalue weighted by Gasteiger charge is 2.23. The van der Waals surface area contributed by atoms with E-state index >= 15 is 0 Å². The average molecular weight is 470 g/mol. The summed E-state index contributed by atoms with van der Waals surface area (Å²) in [5.74, 6) is -1.55. The van der Waals surface area contributed by atoms with Gasteiger partial charge in [-0.3, -0.25) is 19.6 Å². The fourth-order valence-corrected chi connectivity index (χ4v) is 3.40. The molecule has 0 aromatic heterocycles. The van der Waals surface area contributed by atoms with Crippen molar-refractivity contribution in [2.75, 3.05) is 29.8 Å². The molecule has 1 aromatic carbocycles. The summed E-state index contributed by atoms with van der Waals surface area (Å²) in [7, 11) is 1.50. The minimum Gasteiger partial charge on any atom is -0.480 e. The minimum atomic E-state index is -1.16. The van der Waals surface area contributed by atoms with E-state index in [0.717, 1.165) is 16.5 Å². The Morgan fingerprint density at radius 1 is 1.31 bits per heavy atom. The van der Waals surface area contributed by atoms with Crippen LogP contribution in [0, 0.1) is 0 Å². The molecule has 0 saturated carbocycles. The van der Waals surface area contributed by atoms with Crippen molar-refractivity contribution >= 4 is 40.9 Å². The molecule has 0 fully saturated rings. The third-order valence-electron chi connectivity index (χ3n) is 4.12. The van der Waals surface area contributed by atoms with E-state index in [-0.39, 0.29) is 12.8 Å². The zero-order chi connectivity index (χ0) is 24.7. The number of fused-ring (bicyclic) bond motifs is 1. The van der Waals surface area contributed by atoms with Crippen molar-refractivity contribution in [3.63, 3.8) is 0 Å². The van der Waals surface area contributed by atoms with E-state index in [1.807, 2.05) is 20.8 Å². The molecule has 1 aliphatic rings. The van der Waals surface area contributed by atoms with E-state index < -0.39 is 30.4 Å². The quantitative estimate of drug-likeness (QED) is 0.223. The van der Waals surface area contributed by atoms with Gasteiger partial charge in [0.25, 0.3) is 5.91 Å². The largest absolute Gasteiger partial charge is 0.480 e. The summed E-state index contributed by atoms with van der Waals surface area (Å²) < 4.78 is 0. The van der Waals surface area contributed by atoms with Gasteiger partial charge >= 0.3 is 5.97 Å². The molecule has 2 rings (SSSR count). The molecule has 32 heavy (non-hydrogen) atoms. The second kappa shape index (κ2) is 16.0. The number of carboxylic acids is 1. The highest BCUT2D eigenvalue weighted by Crippen LogP contribution is 2.36. The maximum absolute atomic E-state index is 12.4. The Kier molecular flexibility index (Phi) is 14.6. The zero-order valence-corrected chi connectivity index (χ0v) is 19.9. The van der Waals surface area contributed by atoms with Gasteiger partial charge in [0, 0.05) is 22.7 Å². The first-order valence-corrected chi connectivity index (χ1v) is 11.3. The summed E-state index contributed by atoms with van der Waals surface area (Å²) in [6.07, 6.45) is 0.527. The fourth-order valence-electron chi connectivity index (χ4n) is 2.52. The number of rotatable bonds is 10. The first kappa shape index (κ1) is 29.2. The maximum Gasteiger partial charge on any atom is 0.322 e. The first-order valence-electron chi connectivity index (χ1n) is 10.4. The van der Waals surface area contributed by atoms with Gasteiger partial charge in [-0.15, -0.1) is 11.8 Å². The molecule has 1 heterocycles. The van der Waals surface area contributed by atoms with Crippen LogP contribution >= 0.6 is 11.8 Å². The number of hydrogen-bond donors (Lipinski definition) is 6. The van der Waals surface area contributed by atoms with Gasteiger partial charge in [0.15, 0.2) is 0 Å². The normalized spacial score (nSPS) is 11.8. The van der Waals surface area contributed by atoms with Gasteiger partial charge in [-0.2, -0.15) is 5.06 Å². The van der Waals surface area contributed by atoms with Crippen LogP contribution in [0.2, 0.25) is 0 Å². The SMILES string of the molecule is C=C(CC)NC(CCC(=O)N(O)c1ccc2c(c1)SCN2)C(=O)NCC(=O)O.CC.CN. The molecule has 0 spiro atoms. The summed E-state index contributed by atoms with van der Waals surface area (Å²) in [5.41, 5.74) is 6.39. The lowest BCUT2D eigenvalue weighted by molar-refractivity contribution is -0.138. The summed E-state index contributed by atoms with van der Waals surface area (Å²) in [5, 5.41) is 27.8. The maximum atomic E-state index is 12.4. The van der Waals surface area contributed by atoms with Gasteiger partial charge in [0.1, 0.15) is 12.6 Å². The third-order valence-corrected chi connectivity index (χ3v) is 5.06. The number of carboxylic acid groups (broad SMARTS) is 1. The molecule has 2 amide bonds. The topological polar surface area (TPSA) is 157 Å². The number of nitrogens with two attached hydrogens (primary N) is 1. The van der Waals surface area contributed by atoms with Gasteiger partial charge in [-0.1, -0.05) is 27.4 Å². The highest BCUT2D eigenvalue weighted by atomic mass is 32.2. The summed E-state index contributed by atoms with van der Waals surface area (Å²) in [4.78, 5) is 36.2. The second-order valence-electron chi connectivity index (χ2n) is 6.16. The summed E-state index contributed by atoms with van der Waals surface area (Å²) in [6.45, 7) is 9.11. The van der Waals surface area contributed by atoms with Crippen LogP contribution in [0.4, 0.5) is 11.4 Å². The highest BCUT2D eigenvalue weighted by molar-refractivity contribution is 7.99. The van der Waals surface area contributed by atoms with Crippen LogP contribution in [-0.2, 0) is 14.4 Å². The number of amides is 2. The number of allylic oxidation sites excluding steroid dienone is 1. The predicted molar refractivity (Wildman–Crippen MR) is 128 cm³/mol. The van der Waals surface area contributed by atoms with E-state index in [0.29, 0.717) is 22.9 Å². The number of aliphatic carboxylic acids is 1. The molecule has 1 unspecified atom stereocenters. The zero-order valence-electron chi connectivity index (χ0n) is 19.1. The van der Waals surface area contributed by atoms with Crippen molar-refractivity contribution in [1.29, 1.82) is 0 Å². The molecule has 11 heteroatoms. The van der Waals surface area contributed by atoms with E-state index in [9.17, 15) is 19.6 Å². The monoisotopic (exact) mass is 469 g/mol. The van der Waals surface area contributed by atoms with Crippen molar-refractivity contribution in [3.8, 4) is 0 Å². The Morgan fingerprint density at radius 3 is 2.56 bits per heavy atom. The number of carbonyl (C=O) groups excluding carboxylic acids is 2. The van der Waals surface area contributed by atoms with Crippen LogP contribution in [0.15, 0.2) is 35.4 Å². The molecular formula is C21H35N5O5S. The van der Waals surface area contributed by atoms with Crippen molar-refractivity contribution in [1.82, 2.24) is 10.6 Å². The van der Waals surface area contributed by atoms with Gasteiger partial charge in [-0.05, 0) is 38.1 Å². The van der Waals surface area contributed by atoms with Crippen molar-refractivity contribution in [3.05, 3.63) is 30.5 Å². The molecule has 10 nitrogen and oxygen atoms in total. The number of hydroxylamine groups is 1. The van der Waals surface area contributed by atoms with Gasteiger partial charge in [-0.25, -0.2) is 0 Å². The van der Waals surface area contributed by atoms with Crippen LogP contribution in [0.25, 0.3) is 0 Å². The fraction of sp³-hybridized carbons (Fsp3) is 0.476. The van der Waals surface area contributed by atoms with Gasteiger partial charge in [0.05, 0.1) is 11.6 Å². The van der Waals surface area contributed by atoms with Crippen molar-refractivity contribution < 1.29 is 24.7 Å². The van der Waals surface area contributed by atoms with Crippen LogP contribution in [0.5, 0.6) is 0 Å². The number of anilines is 2. The molecule has 0 bridgehead atoms. The van der Waals surface area contributed by atoms with Crippen LogP contribution in [-0.4, -0.2) is 53.6 Å². The van der Waals surface area contributed by atoms with Crippen LogP contribution in [0.3, 0.4) is 0 Å². The average Bonchev–Trinajstić information content (AvgIpc) is 3.29. The number of carbonyl (C=O) groups is 3. The Labute approximate surface area is 193 Å². The molecule has 0 saturated heterocycles. The number of hydrogen-bond acceptors (Lipinski definition) is 8. The Balaban J connectivity index is 0.00000227. The second-order valence-corrected chi connectivity index (χ2v) is 7.17. The molecule has 7 N–H and O–H groups in total. The standard InChI is InChI=1S/C18H24N4O5S.C2H6.CH5N/c1-3-11(2)21-14(18(26)19-9-17(24)25)6-7-16(23)22(27)12-4-5-13-15(8-12)28-10-20-13;2*1-2/h4-5,8,14,20-21,27H,2-3,6-7,9-10H2,1H3,(H,19,26)(H,24,25);1-2H3;2H2,1H3. The van der Waals surface area contributed by atoms with E-state index in [1.54, 1.807) is 30.0 Å². The first-order chi connectivity index (χ1) is 15.3. The Morgan fingerprint density at radius 2 is 1.97 bits per heavy atom. The third kappa shape index (κ3) is 9.58. The number of benzene rings is 1.